The van der Waals surface area contributed by atoms with E-state index in [1.807, 2.05) is 55.5 Å². The van der Waals surface area contributed by atoms with E-state index in [1.165, 1.54) is 19.3 Å². The minimum atomic E-state index is 0.0520. The Labute approximate surface area is 151 Å². The molecule has 2 aromatic carbocycles. The molecule has 25 heavy (non-hydrogen) atoms. The van der Waals surface area contributed by atoms with Crippen molar-refractivity contribution in [3.05, 3.63) is 65.2 Å². The van der Waals surface area contributed by atoms with E-state index in [2.05, 4.69) is 19.0 Å². The van der Waals surface area contributed by atoms with Crippen molar-refractivity contribution in [2.24, 2.45) is 0 Å². The van der Waals surface area contributed by atoms with Gasteiger partial charge in [-0.15, -0.1) is 0 Å². The van der Waals surface area contributed by atoms with E-state index < -0.39 is 0 Å². The van der Waals surface area contributed by atoms with Crippen LogP contribution in [-0.2, 0) is 0 Å². The van der Waals surface area contributed by atoms with Gasteiger partial charge in [-0.2, -0.15) is 0 Å². The van der Waals surface area contributed by atoms with Crippen LogP contribution in [0.15, 0.2) is 48.5 Å². The van der Waals surface area contributed by atoms with Crippen LogP contribution in [0.3, 0.4) is 0 Å². The summed E-state index contributed by atoms with van der Waals surface area (Å²) in [5.74, 6) is 0.925. The minimum absolute atomic E-state index is 0.0520. The molecule has 0 N–H and O–H groups in total. The molecule has 2 rings (SSSR count). The molecule has 0 bridgehead atoms. The lowest BCUT2D eigenvalue weighted by molar-refractivity contribution is 0.103. The minimum Gasteiger partial charge on any atom is -0.493 e. The third kappa shape index (κ3) is 6.35. The zero-order valence-electron chi connectivity index (χ0n) is 15.6. The fourth-order valence-electron chi connectivity index (χ4n) is 2.77. The quantitative estimate of drug-likeness (QED) is 0.463. The first-order valence-electron chi connectivity index (χ1n) is 9.06. The molecule has 3 nitrogen and oxygen atoms in total. The molecular formula is C22H29NO2. The highest BCUT2D eigenvalue weighted by Crippen LogP contribution is 2.21. The van der Waals surface area contributed by atoms with E-state index >= 15 is 0 Å². The molecule has 134 valence electrons. The number of ketones is 1. The topological polar surface area (TPSA) is 29.5 Å². The molecule has 0 atom stereocenters. The van der Waals surface area contributed by atoms with E-state index in [0.717, 1.165) is 30.9 Å². The number of aryl methyl sites for hydroxylation is 1. The highest BCUT2D eigenvalue weighted by Gasteiger charge is 2.10. The van der Waals surface area contributed by atoms with Crippen LogP contribution in [0.5, 0.6) is 5.75 Å². The zero-order valence-corrected chi connectivity index (χ0v) is 15.6. The van der Waals surface area contributed by atoms with Crippen molar-refractivity contribution in [3.63, 3.8) is 0 Å². The van der Waals surface area contributed by atoms with Crippen LogP contribution < -0.4 is 4.74 Å². The van der Waals surface area contributed by atoms with Gasteiger partial charge in [0.05, 0.1) is 6.61 Å². The van der Waals surface area contributed by atoms with Crippen LogP contribution in [0, 0.1) is 6.92 Å². The first-order chi connectivity index (χ1) is 12.1. The molecule has 0 saturated heterocycles. The van der Waals surface area contributed by atoms with Gasteiger partial charge in [-0.05, 0) is 64.2 Å². The number of hydrogen-bond donors (Lipinski definition) is 0. The van der Waals surface area contributed by atoms with Crippen molar-refractivity contribution in [1.82, 2.24) is 4.90 Å². The molecule has 0 aliphatic heterocycles. The summed E-state index contributed by atoms with van der Waals surface area (Å²) in [4.78, 5) is 14.7. The Morgan fingerprint density at radius 2 is 1.64 bits per heavy atom. The van der Waals surface area contributed by atoms with Gasteiger partial charge in [0, 0.05) is 11.1 Å². The number of unbranched alkanes of at least 4 members (excludes halogenated alkanes) is 3. The Bertz CT molecular complexity index is 665. The van der Waals surface area contributed by atoms with Crippen LogP contribution >= 0.6 is 0 Å². The zero-order chi connectivity index (χ0) is 18.1. The number of ether oxygens (including phenoxy) is 1. The maximum atomic E-state index is 12.5. The molecule has 0 radical (unpaired) electrons. The predicted molar refractivity (Wildman–Crippen MR) is 104 cm³/mol. The molecule has 0 unspecified atom stereocenters. The summed E-state index contributed by atoms with van der Waals surface area (Å²) in [6, 6.07) is 15.1. The molecule has 0 fully saturated rings. The number of rotatable bonds is 10. The van der Waals surface area contributed by atoms with Crippen LogP contribution in [0.4, 0.5) is 0 Å². The Morgan fingerprint density at radius 1 is 0.920 bits per heavy atom. The van der Waals surface area contributed by atoms with Gasteiger partial charge in [0.1, 0.15) is 5.75 Å². The van der Waals surface area contributed by atoms with Gasteiger partial charge in [-0.3, -0.25) is 4.79 Å². The summed E-state index contributed by atoms with van der Waals surface area (Å²) < 4.78 is 5.88. The Kier molecular flexibility index (Phi) is 7.68. The van der Waals surface area contributed by atoms with Gasteiger partial charge >= 0.3 is 0 Å². The first-order valence-corrected chi connectivity index (χ1v) is 9.06. The van der Waals surface area contributed by atoms with Crippen molar-refractivity contribution >= 4 is 5.78 Å². The lowest BCUT2D eigenvalue weighted by atomic mass is 10.0. The van der Waals surface area contributed by atoms with Crippen molar-refractivity contribution in [2.75, 3.05) is 27.2 Å². The second-order valence-electron chi connectivity index (χ2n) is 6.74. The van der Waals surface area contributed by atoms with E-state index in [9.17, 15) is 4.79 Å². The Balaban J connectivity index is 1.81. The van der Waals surface area contributed by atoms with Crippen molar-refractivity contribution in [1.29, 1.82) is 0 Å². The van der Waals surface area contributed by atoms with E-state index in [4.69, 9.17) is 4.74 Å². The van der Waals surface area contributed by atoms with E-state index in [1.54, 1.807) is 0 Å². The van der Waals surface area contributed by atoms with Gasteiger partial charge < -0.3 is 9.64 Å². The second-order valence-corrected chi connectivity index (χ2v) is 6.74. The van der Waals surface area contributed by atoms with Crippen LogP contribution in [0.1, 0.15) is 47.2 Å². The van der Waals surface area contributed by atoms with Gasteiger partial charge in [-0.25, -0.2) is 0 Å². The van der Waals surface area contributed by atoms with Gasteiger partial charge in [-0.1, -0.05) is 43.2 Å². The van der Waals surface area contributed by atoms with Crippen molar-refractivity contribution in [2.45, 2.75) is 32.6 Å². The van der Waals surface area contributed by atoms with Gasteiger partial charge in [0.2, 0.25) is 0 Å². The number of benzene rings is 2. The molecule has 0 spiro atoms. The maximum absolute atomic E-state index is 12.5. The summed E-state index contributed by atoms with van der Waals surface area (Å²) in [6.07, 6.45) is 4.74. The summed E-state index contributed by atoms with van der Waals surface area (Å²) in [5, 5.41) is 0. The third-order valence-electron chi connectivity index (χ3n) is 4.23. The number of hydrogen-bond acceptors (Lipinski definition) is 3. The van der Waals surface area contributed by atoms with E-state index in [-0.39, 0.29) is 5.78 Å². The summed E-state index contributed by atoms with van der Waals surface area (Å²) in [6.45, 7) is 3.87. The molecule has 0 saturated carbocycles. The highest BCUT2D eigenvalue weighted by molar-refractivity contribution is 6.09. The average Bonchev–Trinajstić information content (AvgIpc) is 2.62. The monoisotopic (exact) mass is 339 g/mol. The van der Waals surface area contributed by atoms with E-state index in [0.29, 0.717) is 11.1 Å². The molecule has 0 aliphatic rings. The SMILES string of the molecule is Cc1cc(C(=O)c2ccccc2)ccc1OCCCCCCN(C)C. The summed E-state index contributed by atoms with van der Waals surface area (Å²) >= 11 is 0. The molecule has 0 amide bonds. The largest absolute Gasteiger partial charge is 0.493 e. The third-order valence-corrected chi connectivity index (χ3v) is 4.23. The second kappa shape index (κ2) is 10.00. The first kappa shape index (κ1) is 19.2. The number of carbonyl (C=O) groups is 1. The van der Waals surface area contributed by atoms with Crippen LogP contribution in [0.2, 0.25) is 0 Å². The fraction of sp³-hybridized carbons (Fsp3) is 0.409. The lowest BCUT2D eigenvalue weighted by Gasteiger charge is -2.11. The predicted octanol–water partition coefficient (Wildman–Crippen LogP) is 4.73. The Hall–Kier alpha value is -2.13. The molecule has 0 aliphatic carbocycles. The average molecular weight is 339 g/mol. The fourth-order valence-corrected chi connectivity index (χ4v) is 2.77. The normalized spacial score (nSPS) is 10.9. The standard InChI is InChI=1S/C22H29NO2/c1-18-17-20(22(24)19-11-7-6-8-12-19)13-14-21(18)25-16-10-5-4-9-15-23(2)3/h6-8,11-14,17H,4-5,9-10,15-16H2,1-3H3. The lowest BCUT2D eigenvalue weighted by Crippen LogP contribution is -2.12. The summed E-state index contributed by atoms with van der Waals surface area (Å²) in [5.41, 5.74) is 2.43. The van der Waals surface area contributed by atoms with Gasteiger partial charge in [0.25, 0.3) is 0 Å². The smallest absolute Gasteiger partial charge is 0.193 e. The van der Waals surface area contributed by atoms with Crippen molar-refractivity contribution < 1.29 is 9.53 Å². The number of carbonyl (C=O) groups excluding carboxylic acids is 1. The summed E-state index contributed by atoms with van der Waals surface area (Å²) in [7, 11) is 4.22. The highest BCUT2D eigenvalue weighted by atomic mass is 16.5. The van der Waals surface area contributed by atoms with Crippen molar-refractivity contribution in [3.8, 4) is 5.75 Å². The molecule has 3 heteroatoms. The molecule has 0 aromatic heterocycles. The molecular weight excluding hydrogens is 310 g/mol. The molecule has 0 heterocycles. The van der Waals surface area contributed by atoms with Crippen LogP contribution in [-0.4, -0.2) is 37.9 Å². The Morgan fingerprint density at radius 3 is 2.32 bits per heavy atom. The van der Waals surface area contributed by atoms with Gasteiger partial charge in [0.15, 0.2) is 5.78 Å². The van der Waals surface area contributed by atoms with Crippen LogP contribution in [0.25, 0.3) is 0 Å². The molecule has 2 aromatic rings. The number of nitrogens with zero attached hydrogens (tertiary/aromatic N) is 1. The maximum Gasteiger partial charge on any atom is 0.193 e.